The Morgan fingerprint density at radius 1 is 0.880 bits per heavy atom. The lowest BCUT2D eigenvalue weighted by molar-refractivity contribution is 0.0469. The van der Waals surface area contributed by atoms with Gasteiger partial charge in [0.15, 0.2) is 6.61 Å². The van der Waals surface area contributed by atoms with Gasteiger partial charge in [-0.15, -0.1) is 0 Å². The Balaban J connectivity index is 2.10. The number of Topliss-reactive ketones (excluding diaryl/α,β-unsaturated/α-hetero) is 1. The van der Waals surface area contributed by atoms with Gasteiger partial charge in [0.1, 0.15) is 23.1 Å². The summed E-state index contributed by atoms with van der Waals surface area (Å²) >= 11 is 0. The zero-order valence-electron chi connectivity index (χ0n) is 14.0. The number of ether oxygens (including phenoxy) is 4. The molecule has 0 aliphatic heterocycles. The first-order chi connectivity index (χ1) is 12.0. The van der Waals surface area contributed by atoms with E-state index < -0.39 is 24.2 Å². The van der Waals surface area contributed by atoms with Crippen molar-refractivity contribution in [1.29, 1.82) is 0 Å². The van der Waals surface area contributed by atoms with E-state index in [4.69, 9.17) is 18.9 Å². The first kappa shape index (κ1) is 18.3. The van der Waals surface area contributed by atoms with Gasteiger partial charge in [-0.25, -0.2) is 9.18 Å². The average Bonchev–Trinajstić information content (AvgIpc) is 2.64. The molecule has 25 heavy (non-hydrogen) atoms. The minimum absolute atomic E-state index is 0.199. The summed E-state index contributed by atoms with van der Waals surface area (Å²) in [7, 11) is 4.26. The molecule has 132 valence electrons. The largest absolute Gasteiger partial charge is 0.497 e. The highest BCUT2D eigenvalue weighted by molar-refractivity contribution is 6.01. The molecule has 0 amide bonds. The fraction of sp³-hybridized carbons (Fsp3) is 0.222. The first-order valence-electron chi connectivity index (χ1n) is 7.26. The molecule has 0 spiro atoms. The van der Waals surface area contributed by atoms with E-state index in [2.05, 4.69) is 0 Å². The minimum atomic E-state index is -0.949. The lowest BCUT2D eigenvalue weighted by Gasteiger charge is -2.10. The van der Waals surface area contributed by atoms with Crippen LogP contribution < -0.4 is 14.2 Å². The summed E-state index contributed by atoms with van der Waals surface area (Å²) in [6.07, 6.45) is 0. The van der Waals surface area contributed by atoms with E-state index in [1.165, 1.54) is 39.5 Å². The standard InChI is InChI=1S/C18H17FO6/c1-22-11-5-7-17(24-3)14(8-11)16(20)10-25-18(21)13-6-4-12(23-2)9-15(13)19/h4-9H,10H2,1-3H3. The number of hydrogen-bond donors (Lipinski definition) is 0. The van der Waals surface area contributed by atoms with Crippen molar-refractivity contribution in [3.05, 3.63) is 53.3 Å². The summed E-state index contributed by atoms with van der Waals surface area (Å²) in [5, 5.41) is 0. The number of rotatable bonds is 7. The Morgan fingerprint density at radius 3 is 2.12 bits per heavy atom. The van der Waals surface area contributed by atoms with Gasteiger partial charge in [-0.3, -0.25) is 4.79 Å². The van der Waals surface area contributed by atoms with Crippen molar-refractivity contribution in [2.75, 3.05) is 27.9 Å². The van der Waals surface area contributed by atoms with Crippen LogP contribution in [0.1, 0.15) is 20.7 Å². The van der Waals surface area contributed by atoms with Crippen LogP contribution in [0.4, 0.5) is 4.39 Å². The van der Waals surface area contributed by atoms with E-state index in [9.17, 15) is 14.0 Å². The molecule has 0 heterocycles. The van der Waals surface area contributed by atoms with Crippen LogP contribution in [0.3, 0.4) is 0 Å². The van der Waals surface area contributed by atoms with Gasteiger partial charge in [0.05, 0.1) is 32.5 Å². The molecule has 0 aromatic heterocycles. The number of carbonyl (C=O) groups excluding carboxylic acids is 2. The Kier molecular flexibility index (Phi) is 5.94. The van der Waals surface area contributed by atoms with E-state index in [-0.39, 0.29) is 16.9 Å². The van der Waals surface area contributed by atoms with E-state index >= 15 is 0 Å². The second-order valence-electron chi connectivity index (χ2n) is 4.91. The molecular weight excluding hydrogens is 331 g/mol. The average molecular weight is 348 g/mol. The van der Waals surface area contributed by atoms with Gasteiger partial charge in [0.2, 0.25) is 5.78 Å². The highest BCUT2D eigenvalue weighted by Crippen LogP contribution is 2.24. The summed E-state index contributed by atoms with van der Waals surface area (Å²) < 4.78 is 33.8. The van der Waals surface area contributed by atoms with Crippen molar-refractivity contribution in [2.24, 2.45) is 0 Å². The van der Waals surface area contributed by atoms with Crippen LogP contribution in [0.5, 0.6) is 17.2 Å². The molecule has 0 radical (unpaired) electrons. The maximum Gasteiger partial charge on any atom is 0.341 e. The van der Waals surface area contributed by atoms with Crippen LogP contribution in [0.2, 0.25) is 0 Å². The molecule has 0 fully saturated rings. The maximum atomic E-state index is 13.9. The molecule has 6 nitrogen and oxygen atoms in total. The fourth-order valence-electron chi connectivity index (χ4n) is 2.11. The summed E-state index contributed by atoms with van der Waals surface area (Å²) in [6.45, 7) is -0.562. The molecule has 0 atom stereocenters. The lowest BCUT2D eigenvalue weighted by Crippen LogP contribution is -2.16. The van der Waals surface area contributed by atoms with Gasteiger partial charge in [0, 0.05) is 6.07 Å². The highest BCUT2D eigenvalue weighted by Gasteiger charge is 2.19. The summed E-state index contributed by atoms with van der Waals surface area (Å²) in [5.41, 5.74) is -0.0870. The quantitative estimate of drug-likeness (QED) is 0.566. The molecule has 0 unspecified atom stereocenters. The number of benzene rings is 2. The van der Waals surface area contributed by atoms with Crippen molar-refractivity contribution in [2.45, 2.75) is 0 Å². The molecule has 0 aliphatic rings. The third kappa shape index (κ3) is 4.26. The number of hydrogen-bond acceptors (Lipinski definition) is 6. The maximum absolute atomic E-state index is 13.9. The molecule has 2 rings (SSSR count). The Morgan fingerprint density at radius 2 is 1.52 bits per heavy atom. The summed E-state index contributed by atoms with van der Waals surface area (Å²) in [4.78, 5) is 24.3. The van der Waals surface area contributed by atoms with E-state index in [1.54, 1.807) is 12.1 Å². The molecule has 0 bridgehead atoms. The number of esters is 1. The molecular formula is C18H17FO6. The van der Waals surface area contributed by atoms with Crippen LogP contribution in [-0.2, 0) is 4.74 Å². The monoisotopic (exact) mass is 348 g/mol. The highest BCUT2D eigenvalue weighted by atomic mass is 19.1. The summed E-state index contributed by atoms with van der Waals surface area (Å²) in [6, 6.07) is 8.39. The van der Waals surface area contributed by atoms with Gasteiger partial charge >= 0.3 is 5.97 Å². The summed E-state index contributed by atoms with van der Waals surface area (Å²) in [5.74, 6) is -1.20. The molecule has 2 aromatic carbocycles. The van der Waals surface area contributed by atoms with Crippen LogP contribution in [0.15, 0.2) is 36.4 Å². The zero-order valence-corrected chi connectivity index (χ0v) is 14.0. The second-order valence-corrected chi connectivity index (χ2v) is 4.91. The van der Waals surface area contributed by atoms with Gasteiger partial charge in [-0.05, 0) is 30.3 Å². The predicted molar refractivity (Wildman–Crippen MR) is 87.1 cm³/mol. The van der Waals surface area contributed by atoms with E-state index in [0.29, 0.717) is 11.5 Å². The van der Waals surface area contributed by atoms with Crippen molar-refractivity contribution >= 4 is 11.8 Å². The van der Waals surface area contributed by atoms with E-state index in [1.807, 2.05) is 0 Å². The number of halogens is 1. The Bertz CT molecular complexity index is 787. The zero-order chi connectivity index (χ0) is 18.4. The van der Waals surface area contributed by atoms with Crippen LogP contribution in [-0.4, -0.2) is 39.7 Å². The van der Waals surface area contributed by atoms with Crippen molar-refractivity contribution in [3.8, 4) is 17.2 Å². The van der Waals surface area contributed by atoms with Crippen LogP contribution in [0.25, 0.3) is 0 Å². The Labute approximate surface area is 144 Å². The Hall–Kier alpha value is -3.09. The van der Waals surface area contributed by atoms with Crippen LogP contribution in [0, 0.1) is 5.82 Å². The topological polar surface area (TPSA) is 71.1 Å². The molecule has 0 saturated heterocycles. The van der Waals surface area contributed by atoms with Gasteiger partial charge < -0.3 is 18.9 Å². The minimum Gasteiger partial charge on any atom is -0.497 e. The third-order valence-electron chi connectivity index (χ3n) is 3.44. The van der Waals surface area contributed by atoms with Crippen LogP contribution >= 0.6 is 0 Å². The van der Waals surface area contributed by atoms with Gasteiger partial charge in [-0.1, -0.05) is 0 Å². The molecule has 0 aliphatic carbocycles. The molecule has 2 aromatic rings. The molecule has 0 N–H and O–H groups in total. The number of carbonyl (C=O) groups is 2. The third-order valence-corrected chi connectivity index (χ3v) is 3.44. The molecule has 7 heteroatoms. The van der Waals surface area contributed by atoms with Crippen molar-refractivity contribution in [3.63, 3.8) is 0 Å². The molecule has 0 saturated carbocycles. The number of methoxy groups -OCH3 is 3. The predicted octanol–water partition coefficient (Wildman–Crippen LogP) is 2.89. The SMILES string of the molecule is COc1ccc(C(=O)OCC(=O)c2cc(OC)ccc2OC)c(F)c1. The lowest BCUT2D eigenvalue weighted by atomic mass is 10.1. The van der Waals surface area contributed by atoms with Crippen molar-refractivity contribution < 1.29 is 32.9 Å². The van der Waals surface area contributed by atoms with Gasteiger partial charge in [0.25, 0.3) is 0 Å². The number of ketones is 1. The van der Waals surface area contributed by atoms with Gasteiger partial charge in [-0.2, -0.15) is 0 Å². The van der Waals surface area contributed by atoms with E-state index in [0.717, 1.165) is 6.07 Å². The van der Waals surface area contributed by atoms with Crippen molar-refractivity contribution in [1.82, 2.24) is 0 Å². The first-order valence-corrected chi connectivity index (χ1v) is 7.26. The smallest absolute Gasteiger partial charge is 0.341 e. The normalized spacial score (nSPS) is 10.1. The second kappa shape index (κ2) is 8.14. The fourth-order valence-corrected chi connectivity index (χ4v) is 2.11.